The van der Waals surface area contributed by atoms with Crippen LogP contribution in [0, 0.1) is 6.92 Å². The Morgan fingerprint density at radius 1 is 0.881 bits per heavy atom. The van der Waals surface area contributed by atoms with Gasteiger partial charge in [-0.2, -0.15) is 0 Å². The van der Waals surface area contributed by atoms with Crippen LogP contribution in [0.5, 0.6) is 0 Å². The van der Waals surface area contributed by atoms with Crippen LogP contribution in [0.2, 0.25) is 20.1 Å². The third kappa shape index (κ3) is 8.77. The zero-order chi connectivity index (χ0) is 31.4. The third-order valence-electron chi connectivity index (χ3n) is 6.26. The fourth-order valence-corrected chi connectivity index (χ4v) is 6.64. The van der Waals surface area contributed by atoms with E-state index in [0.29, 0.717) is 15.6 Å². The van der Waals surface area contributed by atoms with Gasteiger partial charge in [0.25, 0.3) is 10.0 Å². The van der Waals surface area contributed by atoms with Gasteiger partial charge in [-0.05, 0) is 82.1 Å². The molecule has 0 radical (unpaired) electrons. The number of amides is 2. The highest BCUT2D eigenvalue weighted by Gasteiger charge is 2.35. The van der Waals surface area contributed by atoms with Crippen LogP contribution >= 0.6 is 46.4 Å². The van der Waals surface area contributed by atoms with Gasteiger partial charge in [-0.15, -0.1) is 0 Å². The Morgan fingerprint density at radius 3 is 2.00 bits per heavy atom. The molecule has 0 saturated carbocycles. The molecule has 12 heteroatoms. The number of carbonyl (C=O) groups is 2. The smallest absolute Gasteiger partial charge is 0.264 e. The Kier molecular flexibility index (Phi) is 11.2. The van der Waals surface area contributed by atoms with Gasteiger partial charge in [-0.25, -0.2) is 8.42 Å². The van der Waals surface area contributed by atoms with Crippen LogP contribution in [0.4, 0.5) is 5.69 Å². The molecule has 3 aromatic rings. The normalized spacial score (nSPS) is 12.5. The number of rotatable bonds is 10. The number of carbonyl (C=O) groups excluding carboxylic acids is 2. The van der Waals surface area contributed by atoms with E-state index in [1.807, 2.05) is 27.7 Å². The number of benzene rings is 3. The van der Waals surface area contributed by atoms with Gasteiger partial charge in [0.15, 0.2) is 0 Å². The molecule has 0 aliphatic heterocycles. The van der Waals surface area contributed by atoms with Gasteiger partial charge in [0.05, 0.1) is 10.6 Å². The molecule has 3 aromatic carbocycles. The molecule has 0 heterocycles. The van der Waals surface area contributed by atoms with E-state index in [1.54, 1.807) is 37.3 Å². The molecular formula is C30H33Cl4N3O4S. The van der Waals surface area contributed by atoms with Crippen LogP contribution in [0.1, 0.15) is 45.2 Å². The van der Waals surface area contributed by atoms with Gasteiger partial charge in [-0.3, -0.25) is 13.9 Å². The van der Waals surface area contributed by atoms with Crippen LogP contribution in [-0.4, -0.2) is 43.3 Å². The molecule has 2 amide bonds. The summed E-state index contributed by atoms with van der Waals surface area (Å²) in [5, 5.41) is 4.01. The average Bonchev–Trinajstić information content (AvgIpc) is 2.86. The van der Waals surface area contributed by atoms with E-state index in [2.05, 4.69) is 5.32 Å². The Balaban J connectivity index is 2.13. The molecule has 0 saturated heterocycles. The van der Waals surface area contributed by atoms with E-state index in [4.69, 9.17) is 46.4 Å². The Labute approximate surface area is 267 Å². The second-order valence-electron chi connectivity index (χ2n) is 10.9. The second-order valence-corrected chi connectivity index (χ2v) is 14.5. The Morgan fingerprint density at radius 2 is 1.48 bits per heavy atom. The fourth-order valence-electron chi connectivity index (χ4n) is 4.26. The summed E-state index contributed by atoms with van der Waals surface area (Å²) >= 11 is 25.0. The zero-order valence-electron chi connectivity index (χ0n) is 23.9. The highest BCUT2D eigenvalue weighted by molar-refractivity contribution is 7.92. The third-order valence-corrected chi connectivity index (χ3v) is 9.07. The summed E-state index contributed by atoms with van der Waals surface area (Å²) in [7, 11) is -4.28. The summed E-state index contributed by atoms with van der Waals surface area (Å²) in [6.45, 7) is 8.39. The van der Waals surface area contributed by atoms with E-state index in [1.165, 1.54) is 35.2 Å². The predicted molar refractivity (Wildman–Crippen MR) is 171 cm³/mol. The number of nitrogens with one attached hydrogen (secondary N) is 1. The van der Waals surface area contributed by atoms with Crippen molar-refractivity contribution in [1.29, 1.82) is 0 Å². The van der Waals surface area contributed by atoms with Crippen LogP contribution in [0.3, 0.4) is 0 Å². The number of anilines is 1. The molecule has 226 valence electrons. The van der Waals surface area contributed by atoms with Crippen molar-refractivity contribution in [3.63, 3.8) is 0 Å². The number of aryl methyl sites for hydroxylation is 1. The van der Waals surface area contributed by atoms with Gasteiger partial charge in [0.1, 0.15) is 12.6 Å². The lowest BCUT2D eigenvalue weighted by Crippen LogP contribution is -2.55. The number of nitrogens with zero attached hydrogens (tertiary/aromatic N) is 2. The first-order chi connectivity index (χ1) is 19.5. The maximum atomic E-state index is 14.2. The van der Waals surface area contributed by atoms with Crippen molar-refractivity contribution in [2.45, 2.75) is 64.1 Å². The SMILES string of the molecule is CC[C@@H](C(=O)NC(C)(C)C)N(Cc1ccc(Cl)cc1Cl)C(=O)CN(c1cc(Cl)cc(Cl)c1)S(=O)(=O)c1ccc(C)cc1. The maximum Gasteiger partial charge on any atom is 0.264 e. The molecular weight excluding hydrogens is 640 g/mol. The quantitative estimate of drug-likeness (QED) is 0.241. The van der Waals surface area contributed by atoms with E-state index >= 15 is 0 Å². The van der Waals surface area contributed by atoms with E-state index < -0.39 is 34.1 Å². The van der Waals surface area contributed by atoms with Crippen molar-refractivity contribution in [1.82, 2.24) is 10.2 Å². The minimum atomic E-state index is -4.28. The van der Waals surface area contributed by atoms with Gasteiger partial charge < -0.3 is 10.2 Å². The molecule has 0 spiro atoms. The lowest BCUT2D eigenvalue weighted by molar-refractivity contribution is -0.141. The first kappa shape index (κ1) is 34.0. The molecule has 0 fully saturated rings. The molecule has 0 bridgehead atoms. The van der Waals surface area contributed by atoms with Crippen LogP contribution in [0.15, 0.2) is 65.6 Å². The average molecular weight is 673 g/mol. The van der Waals surface area contributed by atoms with Crippen molar-refractivity contribution < 1.29 is 18.0 Å². The van der Waals surface area contributed by atoms with Gasteiger partial charge in [0, 0.05) is 32.2 Å². The number of halogens is 4. The summed E-state index contributed by atoms with van der Waals surface area (Å²) in [6.07, 6.45) is 0.257. The number of hydrogen-bond donors (Lipinski definition) is 1. The molecule has 1 N–H and O–H groups in total. The topological polar surface area (TPSA) is 86.8 Å². The van der Waals surface area contributed by atoms with Gasteiger partial charge >= 0.3 is 0 Å². The maximum absolute atomic E-state index is 14.2. The highest BCUT2D eigenvalue weighted by atomic mass is 35.5. The molecule has 0 aliphatic rings. The fraction of sp³-hybridized carbons (Fsp3) is 0.333. The van der Waals surface area contributed by atoms with E-state index in [0.717, 1.165) is 9.87 Å². The predicted octanol–water partition coefficient (Wildman–Crippen LogP) is 7.53. The largest absolute Gasteiger partial charge is 0.350 e. The van der Waals surface area contributed by atoms with Crippen molar-refractivity contribution >= 4 is 73.9 Å². The minimum absolute atomic E-state index is 0.0261. The minimum Gasteiger partial charge on any atom is -0.350 e. The van der Waals surface area contributed by atoms with E-state index in [9.17, 15) is 18.0 Å². The van der Waals surface area contributed by atoms with Crippen LogP contribution < -0.4 is 9.62 Å². The Hall–Kier alpha value is -2.49. The number of hydrogen-bond acceptors (Lipinski definition) is 4. The monoisotopic (exact) mass is 671 g/mol. The molecule has 0 aliphatic carbocycles. The van der Waals surface area contributed by atoms with Crippen molar-refractivity contribution in [3.05, 3.63) is 91.9 Å². The van der Waals surface area contributed by atoms with Crippen LogP contribution in [-0.2, 0) is 26.2 Å². The summed E-state index contributed by atoms with van der Waals surface area (Å²) in [6, 6.07) is 14.4. The molecule has 1 atom stereocenters. The molecule has 7 nitrogen and oxygen atoms in total. The standard InChI is InChI=1S/C30H33Cl4N3O4S/c1-6-27(29(39)35-30(3,4)5)36(17-20-9-10-21(31)16-26(20)34)28(38)18-37(24-14-22(32)13-23(33)15-24)42(40,41)25-11-7-19(2)8-12-25/h7-16,27H,6,17-18H2,1-5H3,(H,35,39)/t27-/m0/s1. The first-order valence-electron chi connectivity index (χ1n) is 13.1. The van der Waals surface area contributed by atoms with Gasteiger partial charge in [0.2, 0.25) is 11.8 Å². The molecule has 0 unspecified atom stereocenters. The van der Waals surface area contributed by atoms with E-state index in [-0.39, 0.29) is 39.5 Å². The summed E-state index contributed by atoms with van der Waals surface area (Å²) < 4.78 is 28.9. The molecule has 0 aromatic heterocycles. The summed E-state index contributed by atoms with van der Waals surface area (Å²) in [5.74, 6) is -1.02. The van der Waals surface area contributed by atoms with Crippen LogP contribution in [0.25, 0.3) is 0 Å². The second kappa shape index (κ2) is 13.9. The first-order valence-corrected chi connectivity index (χ1v) is 16.1. The van der Waals surface area contributed by atoms with Crippen molar-refractivity contribution in [2.75, 3.05) is 10.8 Å². The lowest BCUT2D eigenvalue weighted by Gasteiger charge is -2.35. The number of sulfonamides is 1. The molecule has 3 rings (SSSR count). The molecule has 42 heavy (non-hydrogen) atoms. The van der Waals surface area contributed by atoms with Crippen molar-refractivity contribution in [3.8, 4) is 0 Å². The Bertz CT molecular complexity index is 1540. The van der Waals surface area contributed by atoms with Gasteiger partial charge in [-0.1, -0.05) is 77.1 Å². The lowest BCUT2D eigenvalue weighted by atomic mass is 10.1. The summed E-state index contributed by atoms with van der Waals surface area (Å²) in [5.41, 5.74) is 0.924. The summed E-state index contributed by atoms with van der Waals surface area (Å²) in [4.78, 5) is 28.9. The van der Waals surface area contributed by atoms with Crippen molar-refractivity contribution in [2.24, 2.45) is 0 Å². The zero-order valence-corrected chi connectivity index (χ0v) is 27.8. The highest BCUT2D eigenvalue weighted by Crippen LogP contribution is 2.31.